The maximum atomic E-state index is 12.3. The molecule has 0 heterocycles. The Morgan fingerprint density at radius 1 is 1.48 bits per heavy atom. The van der Waals surface area contributed by atoms with Crippen molar-refractivity contribution in [2.24, 2.45) is 0 Å². The first kappa shape index (κ1) is 18.4. The van der Waals surface area contributed by atoms with Gasteiger partial charge in [0.2, 0.25) is 10.0 Å². The van der Waals surface area contributed by atoms with Gasteiger partial charge in [-0.2, -0.15) is 0 Å². The number of hydrogen-bond donors (Lipinski definition) is 2. The average molecular weight is 401 g/mol. The summed E-state index contributed by atoms with van der Waals surface area (Å²) in [7, 11) is -2.46. The van der Waals surface area contributed by atoms with Gasteiger partial charge >= 0.3 is 5.97 Å². The molecule has 21 heavy (non-hydrogen) atoms. The molecule has 0 radical (unpaired) electrons. The van der Waals surface area contributed by atoms with E-state index in [2.05, 4.69) is 20.7 Å². The number of rotatable bonds is 6. The molecule has 0 spiro atoms. The van der Waals surface area contributed by atoms with Crippen LogP contribution in [0.5, 0.6) is 0 Å². The van der Waals surface area contributed by atoms with Crippen LogP contribution in [0.2, 0.25) is 5.02 Å². The van der Waals surface area contributed by atoms with Crippen molar-refractivity contribution in [2.45, 2.75) is 24.3 Å². The Bertz CT molecular complexity index is 660. The van der Waals surface area contributed by atoms with Crippen molar-refractivity contribution < 1.29 is 23.1 Å². The van der Waals surface area contributed by atoms with E-state index in [4.69, 9.17) is 21.4 Å². The van der Waals surface area contributed by atoms with Gasteiger partial charge in [-0.15, -0.1) is 0 Å². The quantitative estimate of drug-likeness (QED) is 0.765. The zero-order chi connectivity index (χ0) is 16.4. The highest BCUT2D eigenvalue weighted by atomic mass is 79.9. The molecule has 0 amide bonds. The Balaban J connectivity index is 3.30. The Morgan fingerprint density at radius 3 is 2.52 bits per heavy atom. The molecule has 0 unspecified atom stereocenters. The monoisotopic (exact) mass is 399 g/mol. The molecule has 0 aromatic heterocycles. The van der Waals surface area contributed by atoms with Crippen molar-refractivity contribution in [2.75, 3.05) is 13.7 Å². The first-order valence-electron chi connectivity index (χ1n) is 5.75. The summed E-state index contributed by atoms with van der Waals surface area (Å²) >= 11 is 8.89. The number of carbonyl (C=O) groups is 1. The number of nitrogens with one attached hydrogen (secondary N) is 1. The van der Waals surface area contributed by atoms with Crippen molar-refractivity contribution in [3.63, 3.8) is 0 Å². The molecule has 2 N–H and O–H groups in total. The molecule has 0 aliphatic carbocycles. The predicted octanol–water partition coefficient (Wildman–Crippen LogP) is 2.50. The normalized spacial score (nSPS) is 12.4. The van der Waals surface area contributed by atoms with Crippen LogP contribution in [0.25, 0.3) is 0 Å². The Morgan fingerprint density at radius 2 is 2.05 bits per heavy atom. The van der Waals surface area contributed by atoms with Crippen molar-refractivity contribution >= 4 is 43.5 Å². The fourth-order valence-electron chi connectivity index (χ4n) is 1.69. The van der Waals surface area contributed by atoms with Crippen LogP contribution < -0.4 is 4.72 Å². The number of methoxy groups -OCH3 is 1. The molecule has 118 valence electrons. The summed E-state index contributed by atoms with van der Waals surface area (Å²) in [5.74, 6) is -1.31. The van der Waals surface area contributed by atoms with E-state index in [9.17, 15) is 13.2 Å². The van der Waals surface area contributed by atoms with Crippen LogP contribution in [0.3, 0.4) is 0 Å². The van der Waals surface area contributed by atoms with E-state index in [1.807, 2.05) is 0 Å². The molecule has 0 aliphatic rings. The molecule has 0 aliphatic heterocycles. The van der Waals surface area contributed by atoms with Crippen LogP contribution in [-0.2, 0) is 14.8 Å². The van der Waals surface area contributed by atoms with Gasteiger partial charge in [-0.3, -0.25) is 0 Å². The first-order chi connectivity index (χ1) is 9.50. The molecule has 1 rings (SSSR count). The second-order valence-electron chi connectivity index (χ2n) is 4.99. The fraction of sp³-hybridized carbons (Fsp3) is 0.417. The molecule has 6 nitrogen and oxygen atoms in total. The molecule has 9 heteroatoms. The molecule has 0 fully saturated rings. The zero-order valence-corrected chi connectivity index (χ0v) is 14.8. The number of halogens is 2. The topological polar surface area (TPSA) is 92.7 Å². The molecular weight excluding hydrogens is 386 g/mol. The summed E-state index contributed by atoms with van der Waals surface area (Å²) in [6.45, 7) is 3.46. The highest BCUT2D eigenvalue weighted by Crippen LogP contribution is 2.30. The van der Waals surface area contributed by atoms with E-state index in [1.165, 1.54) is 13.2 Å². The van der Waals surface area contributed by atoms with Crippen LogP contribution >= 0.6 is 27.5 Å². The Hall–Kier alpha value is -0.670. The van der Waals surface area contributed by atoms with E-state index in [0.29, 0.717) is 0 Å². The van der Waals surface area contributed by atoms with E-state index in [0.717, 1.165) is 6.07 Å². The van der Waals surface area contributed by atoms with Gasteiger partial charge in [0.25, 0.3) is 0 Å². The van der Waals surface area contributed by atoms with Gasteiger partial charge in [-0.25, -0.2) is 17.9 Å². The lowest BCUT2D eigenvalue weighted by Crippen LogP contribution is -2.46. The van der Waals surface area contributed by atoms with Crippen molar-refractivity contribution in [1.82, 2.24) is 4.72 Å². The lowest BCUT2D eigenvalue weighted by molar-refractivity contribution is 0.0696. The van der Waals surface area contributed by atoms with Crippen LogP contribution in [-0.4, -0.2) is 38.7 Å². The van der Waals surface area contributed by atoms with Crippen LogP contribution in [0.4, 0.5) is 0 Å². The van der Waals surface area contributed by atoms with Gasteiger partial charge in [-0.05, 0) is 41.9 Å². The smallest absolute Gasteiger partial charge is 0.337 e. The van der Waals surface area contributed by atoms with Gasteiger partial charge in [-0.1, -0.05) is 11.6 Å². The number of benzene rings is 1. The number of carboxylic acids is 1. The predicted molar refractivity (Wildman–Crippen MR) is 82.4 cm³/mol. The third-order valence-corrected chi connectivity index (χ3v) is 5.40. The van der Waals surface area contributed by atoms with Crippen molar-refractivity contribution in [1.29, 1.82) is 0 Å². The number of ether oxygens (including phenoxy) is 1. The molecule has 0 saturated heterocycles. The standard InChI is InChI=1S/C12H15BrClNO5S/c1-12(2,6-20-3)15-21(18,19)7-4-8(11(16)17)10(14)9(13)5-7/h4-5,15H,6H2,1-3H3,(H,16,17). The van der Waals surface area contributed by atoms with Crippen molar-refractivity contribution in [3.8, 4) is 0 Å². The molecule has 0 atom stereocenters. The van der Waals surface area contributed by atoms with E-state index < -0.39 is 21.5 Å². The first-order valence-corrected chi connectivity index (χ1v) is 8.41. The lowest BCUT2D eigenvalue weighted by atomic mass is 10.1. The van der Waals surface area contributed by atoms with Crippen LogP contribution in [0.15, 0.2) is 21.5 Å². The summed E-state index contributed by atoms with van der Waals surface area (Å²) in [6, 6.07) is 2.26. The molecule has 1 aromatic carbocycles. The fourth-order valence-corrected chi connectivity index (χ4v) is 3.94. The largest absolute Gasteiger partial charge is 0.478 e. The minimum Gasteiger partial charge on any atom is -0.478 e. The van der Waals surface area contributed by atoms with Gasteiger partial charge < -0.3 is 9.84 Å². The molecule has 1 aromatic rings. The second-order valence-corrected chi connectivity index (χ2v) is 7.91. The maximum Gasteiger partial charge on any atom is 0.337 e. The highest BCUT2D eigenvalue weighted by molar-refractivity contribution is 9.10. The van der Waals surface area contributed by atoms with Crippen LogP contribution in [0.1, 0.15) is 24.2 Å². The number of sulfonamides is 1. The van der Waals surface area contributed by atoms with Crippen molar-refractivity contribution in [3.05, 3.63) is 27.2 Å². The van der Waals surface area contributed by atoms with Gasteiger partial charge in [0.05, 0.1) is 27.6 Å². The third-order valence-electron chi connectivity index (χ3n) is 2.46. The Labute approximate surface area is 136 Å². The van der Waals surface area contributed by atoms with E-state index in [1.54, 1.807) is 13.8 Å². The highest BCUT2D eigenvalue weighted by Gasteiger charge is 2.28. The summed E-state index contributed by atoms with van der Waals surface area (Å²) < 4.78 is 32.3. The van der Waals surface area contributed by atoms with E-state index >= 15 is 0 Å². The van der Waals surface area contributed by atoms with Gasteiger partial charge in [0.15, 0.2) is 0 Å². The van der Waals surface area contributed by atoms with Gasteiger partial charge in [0.1, 0.15) is 0 Å². The number of hydrogen-bond acceptors (Lipinski definition) is 4. The maximum absolute atomic E-state index is 12.3. The van der Waals surface area contributed by atoms with Crippen LogP contribution in [0, 0.1) is 0 Å². The third kappa shape index (κ3) is 4.65. The zero-order valence-electron chi connectivity index (χ0n) is 11.6. The molecule has 0 bridgehead atoms. The summed E-state index contributed by atoms with van der Waals surface area (Å²) in [5, 5.41) is 9.00. The second kappa shape index (κ2) is 6.62. The Kier molecular flexibility index (Phi) is 5.79. The summed E-state index contributed by atoms with van der Waals surface area (Å²) in [6.07, 6.45) is 0. The SMILES string of the molecule is COCC(C)(C)NS(=O)(=O)c1cc(Br)c(Cl)c(C(=O)O)c1. The molecule has 0 saturated carbocycles. The molecular formula is C12H15BrClNO5S. The number of carboxylic acid groups (broad SMARTS) is 1. The summed E-state index contributed by atoms with van der Waals surface area (Å²) in [5.41, 5.74) is -1.14. The van der Waals surface area contributed by atoms with Gasteiger partial charge in [0, 0.05) is 11.6 Å². The summed E-state index contributed by atoms with van der Waals surface area (Å²) in [4.78, 5) is 10.9. The average Bonchev–Trinajstić information content (AvgIpc) is 2.30. The minimum atomic E-state index is -3.92. The van der Waals surface area contributed by atoms with E-state index in [-0.39, 0.29) is 26.6 Å². The number of aromatic carboxylic acids is 1. The minimum absolute atomic E-state index is 0.0578. The lowest BCUT2D eigenvalue weighted by Gasteiger charge is -2.25.